The molecule has 1 N–H and O–H groups in total. The molecule has 1 heterocycles. The summed E-state index contributed by atoms with van der Waals surface area (Å²) in [7, 11) is 0. The average molecular weight is 243 g/mol. The standard InChI is InChI=1S/C15H21N3/c1-4-16-11-13-6-7-14(12(3)10-13)15-17-8-9-18(15)5-2/h6-10,16H,4-5,11H2,1-3H3. The predicted molar refractivity (Wildman–Crippen MR) is 75.5 cm³/mol. The van der Waals surface area contributed by atoms with Crippen molar-refractivity contribution in [3.8, 4) is 11.4 Å². The molecular weight excluding hydrogens is 222 g/mol. The van der Waals surface area contributed by atoms with Crippen LogP contribution < -0.4 is 5.32 Å². The molecule has 1 aromatic carbocycles. The van der Waals surface area contributed by atoms with Gasteiger partial charge in [0.25, 0.3) is 0 Å². The Morgan fingerprint density at radius 2 is 2.11 bits per heavy atom. The molecule has 0 spiro atoms. The summed E-state index contributed by atoms with van der Waals surface area (Å²) in [5, 5.41) is 3.35. The van der Waals surface area contributed by atoms with Crippen LogP contribution in [0.2, 0.25) is 0 Å². The predicted octanol–water partition coefficient (Wildman–Crippen LogP) is 2.99. The Morgan fingerprint density at radius 3 is 2.78 bits per heavy atom. The van der Waals surface area contributed by atoms with E-state index in [2.05, 4.69) is 53.8 Å². The second-order valence-corrected chi connectivity index (χ2v) is 4.47. The zero-order valence-corrected chi connectivity index (χ0v) is 11.4. The minimum atomic E-state index is 0.930. The molecule has 0 unspecified atom stereocenters. The summed E-state index contributed by atoms with van der Waals surface area (Å²) in [6, 6.07) is 6.60. The molecule has 1 aromatic heterocycles. The largest absolute Gasteiger partial charge is 0.331 e. The minimum absolute atomic E-state index is 0.930. The van der Waals surface area contributed by atoms with Gasteiger partial charge >= 0.3 is 0 Å². The van der Waals surface area contributed by atoms with Crippen LogP contribution in [0, 0.1) is 6.92 Å². The highest BCUT2D eigenvalue weighted by molar-refractivity contribution is 5.61. The second-order valence-electron chi connectivity index (χ2n) is 4.47. The van der Waals surface area contributed by atoms with E-state index < -0.39 is 0 Å². The SMILES string of the molecule is CCNCc1ccc(-c2nccn2CC)c(C)c1. The van der Waals surface area contributed by atoms with E-state index in [1.807, 2.05) is 12.4 Å². The first-order chi connectivity index (χ1) is 8.76. The van der Waals surface area contributed by atoms with Gasteiger partial charge in [-0.15, -0.1) is 0 Å². The molecule has 0 aliphatic heterocycles. The molecule has 0 fully saturated rings. The van der Waals surface area contributed by atoms with Crippen LogP contribution in [0.25, 0.3) is 11.4 Å². The highest BCUT2D eigenvalue weighted by atomic mass is 15.1. The second kappa shape index (κ2) is 5.83. The van der Waals surface area contributed by atoms with Crippen LogP contribution in [0.1, 0.15) is 25.0 Å². The van der Waals surface area contributed by atoms with Gasteiger partial charge in [-0.05, 0) is 31.5 Å². The molecule has 18 heavy (non-hydrogen) atoms. The number of hydrogen-bond acceptors (Lipinski definition) is 2. The van der Waals surface area contributed by atoms with Crippen molar-refractivity contribution < 1.29 is 0 Å². The molecule has 2 rings (SSSR count). The van der Waals surface area contributed by atoms with Crippen molar-refractivity contribution in [2.45, 2.75) is 33.9 Å². The molecule has 96 valence electrons. The number of rotatable bonds is 5. The number of nitrogens with zero attached hydrogens (tertiary/aromatic N) is 2. The molecular formula is C15H21N3. The molecule has 0 aliphatic carbocycles. The molecule has 0 saturated carbocycles. The lowest BCUT2D eigenvalue weighted by Crippen LogP contribution is -2.11. The Labute approximate surface area is 109 Å². The van der Waals surface area contributed by atoms with Crippen molar-refractivity contribution in [3.63, 3.8) is 0 Å². The van der Waals surface area contributed by atoms with Gasteiger partial charge in [-0.1, -0.05) is 25.1 Å². The number of benzene rings is 1. The smallest absolute Gasteiger partial charge is 0.140 e. The van der Waals surface area contributed by atoms with E-state index in [9.17, 15) is 0 Å². The first-order valence-corrected chi connectivity index (χ1v) is 6.58. The number of hydrogen-bond donors (Lipinski definition) is 1. The van der Waals surface area contributed by atoms with E-state index in [1.54, 1.807) is 0 Å². The Bertz CT molecular complexity index is 514. The molecule has 2 aromatic rings. The molecule has 3 heteroatoms. The molecule has 0 radical (unpaired) electrons. The van der Waals surface area contributed by atoms with Crippen molar-refractivity contribution in [1.82, 2.24) is 14.9 Å². The average Bonchev–Trinajstić information content (AvgIpc) is 2.84. The van der Waals surface area contributed by atoms with E-state index in [1.165, 1.54) is 16.7 Å². The quantitative estimate of drug-likeness (QED) is 0.875. The zero-order chi connectivity index (χ0) is 13.0. The summed E-state index contributed by atoms with van der Waals surface area (Å²) in [5.41, 5.74) is 3.83. The number of aryl methyl sites for hydroxylation is 2. The topological polar surface area (TPSA) is 29.9 Å². The fourth-order valence-corrected chi connectivity index (χ4v) is 2.16. The summed E-state index contributed by atoms with van der Waals surface area (Å²) in [5.74, 6) is 1.06. The maximum Gasteiger partial charge on any atom is 0.140 e. The Hall–Kier alpha value is -1.61. The Kier molecular flexibility index (Phi) is 4.15. The van der Waals surface area contributed by atoms with Crippen LogP contribution in [0.15, 0.2) is 30.6 Å². The van der Waals surface area contributed by atoms with Crippen molar-refractivity contribution in [3.05, 3.63) is 41.7 Å². The van der Waals surface area contributed by atoms with Crippen molar-refractivity contribution in [1.29, 1.82) is 0 Å². The van der Waals surface area contributed by atoms with Crippen LogP contribution in [0.3, 0.4) is 0 Å². The summed E-state index contributed by atoms with van der Waals surface area (Å²) >= 11 is 0. The first kappa shape index (κ1) is 12.8. The van der Waals surface area contributed by atoms with Gasteiger partial charge in [0, 0.05) is 31.0 Å². The van der Waals surface area contributed by atoms with Gasteiger partial charge in [-0.25, -0.2) is 4.98 Å². The van der Waals surface area contributed by atoms with Crippen molar-refractivity contribution in [2.24, 2.45) is 0 Å². The van der Waals surface area contributed by atoms with Crippen LogP contribution in [0.5, 0.6) is 0 Å². The van der Waals surface area contributed by atoms with Gasteiger partial charge in [0.05, 0.1) is 0 Å². The Morgan fingerprint density at radius 1 is 1.28 bits per heavy atom. The maximum absolute atomic E-state index is 4.46. The van der Waals surface area contributed by atoms with Gasteiger partial charge in [0.15, 0.2) is 0 Å². The van der Waals surface area contributed by atoms with Gasteiger partial charge in [-0.2, -0.15) is 0 Å². The summed E-state index contributed by atoms with van der Waals surface area (Å²) in [6.45, 7) is 9.30. The highest BCUT2D eigenvalue weighted by Gasteiger charge is 2.08. The molecule has 0 aliphatic rings. The third-order valence-electron chi connectivity index (χ3n) is 3.17. The fraction of sp³-hybridized carbons (Fsp3) is 0.400. The van der Waals surface area contributed by atoms with E-state index in [0.29, 0.717) is 0 Å². The van der Waals surface area contributed by atoms with Crippen LogP contribution in [0.4, 0.5) is 0 Å². The van der Waals surface area contributed by atoms with Gasteiger partial charge in [-0.3, -0.25) is 0 Å². The van der Waals surface area contributed by atoms with Gasteiger partial charge in [0.2, 0.25) is 0 Å². The summed E-state index contributed by atoms with van der Waals surface area (Å²) in [4.78, 5) is 4.46. The molecule has 0 saturated heterocycles. The van der Waals surface area contributed by atoms with E-state index >= 15 is 0 Å². The lowest BCUT2D eigenvalue weighted by Gasteiger charge is -2.10. The van der Waals surface area contributed by atoms with E-state index in [4.69, 9.17) is 0 Å². The highest BCUT2D eigenvalue weighted by Crippen LogP contribution is 2.22. The number of imidazole rings is 1. The zero-order valence-electron chi connectivity index (χ0n) is 11.4. The van der Waals surface area contributed by atoms with Crippen molar-refractivity contribution >= 4 is 0 Å². The maximum atomic E-state index is 4.46. The van der Waals surface area contributed by atoms with E-state index in [-0.39, 0.29) is 0 Å². The molecule has 0 amide bonds. The van der Waals surface area contributed by atoms with Gasteiger partial charge < -0.3 is 9.88 Å². The Balaban J connectivity index is 2.30. The van der Waals surface area contributed by atoms with Crippen molar-refractivity contribution in [2.75, 3.05) is 6.54 Å². The first-order valence-electron chi connectivity index (χ1n) is 6.58. The third kappa shape index (κ3) is 2.62. The molecule has 0 bridgehead atoms. The van der Waals surface area contributed by atoms with E-state index in [0.717, 1.165) is 25.5 Å². The third-order valence-corrected chi connectivity index (χ3v) is 3.17. The summed E-state index contributed by atoms with van der Waals surface area (Å²) in [6.07, 6.45) is 3.89. The number of nitrogens with one attached hydrogen (secondary N) is 1. The van der Waals surface area contributed by atoms with Crippen LogP contribution in [-0.4, -0.2) is 16.1 Å². The lowest BCUT2D eigenvalue weighted by atomic mass is 10.0. The van der Waals surface area contributed by atoms with Gasteiger partial charge in [0.1, 0.15) is 5.82 Å². The minimum Gasteiger partial charge on any atom is -0.331 e. The molecule has 0 atom stereocenters. The monoisotopic (exact) mass is 243 g/mol. The summed E-state index contributed by atoms with van der Waals surface area (Å²) < 4.78 is 2.17. The van der Waals surface area contributed by atoms with Crippen LogP contribution in [-0.2, 0) is 13.1 Å². The normalized spacial score (nSPS) is 10.8. The molecule has 3 nitrogen and oxygen atoms in total. The fourth-order valence-electron chi connectivity index (χ4n) is 2.16. The number of aromatic nitrogens is 2. The lowest BCUT2D eigenvalue weighted by molar-refractivity contribution is 0.726. The van der Waals surface area contributed by atoms with Crippen LogP contribution >= 0.6 is 0 Å².